The van der Waals surface area contributed by atoms with Crippen molar-refractivity contribution in [2.24, 2.45) is 0 Å². The van der Waals surface area contributed by atoms with Crippen molar-refractivity contribution in [3.05, 3.63) is 46.8 Å². The van der Waals surface area contributed by atoms with Crippen molar-refractivity contribution < 1.29 is 19.1 Å². The van der Waals surface area contributed by atoms with Crippen molar-refractivity contribution in [1.82, 2.24) is 15.1 Å². The molecule has 1 aliphatic heterocycles. The lowest BCUT2D eigenvalue weighted by molar-refractivity contribution is -0.134. The van der Waals surface area contributed by atoms with Crippen LogP contribution in [0.1, 0.15) is 34.2 Å². The second kappa shape index (κ2) is 7.38. The molecule has 1 aromatic carbocycles. The van der Waals surface area contributed by atoms with E-state index in [9.17, 15) is 9.59 Å². The summed E-state index contributed by atoms with van der Waals surface area (Å²) in [6.07, 6.45) is 0.623. The largest absolute Gasteiger partial charge is 0.484 e. The highest BCUT2D eigenvalue weighted by Crippen LogP contribution is 2.21. The van der Waals surface area contributed by atoms with Crippen molar-refractivity contribution in [1.29, 1.82) is 0 Å². The number of carbonyl (C=O) groups excluding carboxylic acids is 2. The molecule has 0 aliphatic carbocycles. The Morgan fingerprint density at radius 1 is 1.28 bits per heavy atom. The number of esters is 1. The first-order chi connectivity index (χ1) is 12.1. The third-order valence-electron chi connectivity index (χ3n) is 4.14. The van der Waals surface area contributed by atoms with E-state index in [1.54, 1.807) is 11.8 Å². The Bertz CT molecular complexity index is 767. The number of H-pyrrole nitrogens is 1. The van der Waals surface area contributed by atoms with Gasteiger partial charge < -0.3 is 14.4 Å². The number of benzene rings is 1. The molecule has 0 spiro atoms. The highest BCUT2D eigenvalue weighted by molar-refractivity contribution is 5.89. The minimum absolute atomic E-state index is 0.0367. The molecule has 7 heteroatoms. The molecule has 25 heavy (non-hydrogen) atoms. The van der Waals surface area contributed by atoms with Gasteiger partial charge in [-0.1, -0.05) is 17.7 Å². The zero-order chi connectivity index (χ0) is 17.8. The zero-order valence-electron chi connectivity index (χ0n) is 14.4. The SMILES string of the molecule is CCOC(=O)c1n[nH]c2c1CN(C(=O)COc1ccc(C)cc1)CC2. The molecule has 0 bridgehead atoms. The van der Waals surface area contributed by atoms with E-state index in [4.69, 9.17) is 9.47 Å². The van der Waals surface area contributed by atoms with E-state index in [2.05, 4.69) is 10.2 Å². The van der Waals surface area contributed by atoms with Gasteiger partial charge in [-0.15, -0.1) is 0 Å². The van der Waals surface area contributed by atoms with Crippen LogP contribution < -0.4 is 4.74 Å². The first-order valence-electron chi connectivity index (χ1n) is 8.29. The lowest BCUT2D eigenvalue weighted by atomic mass is 10.1. The first-order valence-corrected chi connectivity index (χ1v) is 8.29. The molecule has 1 N–H and O–H groups in total. The summed E-state index contributed by atoms with van der Waals surface area (Å²) < 4.78 is 10.6. The Labute approximate surface area is 145 Å². The van der Waals surface area contributed by atoms with Crippen molar-refractivity contribution >= 4 is 11.9 Å². The number of rotatable bonds is 5. The number of carbonyl (C=O) groups is 2. The van der Waals surface area contributed by atoms with E-state index in [0.29, 0.717) is 25.3 Å². The molecular formula is C18H21N3O4. The van der Waals surface area contributed by atoms with Crippen molar-refractivity contribution in [2.45, 2.75) is 26.8 Å². The van der Waals surface area contributed by atoms with Crippen molar-refractivity contribution in [2.75, 3.05) is 19.8 Å². The summed E-state index contributed by atoms with van der Waals surface area (Å²) in [5.41, 5.74) is 3.00. The third-order valence-corrected chi connectivity index (χ3v) is 4.14. The highest BCUT2D eigenvalue weighted by atomic mass is 16.5. The molecule has 0 unspecified atom stereocenters. The average molecular weight is 343 g/mol. The molecule has 0 atom stereocenters. The predicted molar refractivity (Wildman–Crippen MR) is 90.3 cm³/mol. The first kappa shape index (κ1) is 17.0. The molecule has 7 nitrogen and oxygen atoms in total. The average Bonchev–Trinajstić information content (AvgIpc) is 3.04. The molecule has 0 saturated carbocycles. The van der Waals surface area contributed by atoms with Crippen LogP contribution in [0.25, 0.3) is 0 Å². The fourth-order valence-electron chi connectivity index (χ4n) is 2.75. The molecule has 1 amide bonds. The predicted octanol–water partition coefficient (Wildman–Crippen LogP) is 1.86. The van der Waals surface area contributed by atoms with Gasteiger partial charge in [-0.05, 0) is 26.0 Å². The van der Waals surface area contributed by atoms with Gasteiger partial charge in [0.25, 0.3) is 5.91 Å². The maximum absolute atomic E-state index is 12.4. The Hall–Kier alpha value is -2.83. The number of aryl methyl sites for hydroxylation is 1. The number of hydrogen-bond acceptors (Lipinski definition) is 5. The van der Waals surface area contributed by atoms with Crippen LogP contribution in [0.15, 0.2) is 24.3 Å². The standard InChI is InChI=1S/C18H21N3O4/c1-3-24-18(23)17-14-10-21(9-8-15(14)19-20-17)16(22)11-25-13-6-4-12(2)5-7-13/h4-7H,3,8-11H2,1-2H3,(H,19,20). The van der Waals surface area contributed by atoms with E-state index < -0.39 is 5.97 Å². The Morgan fingerprint density at radius 2 is 2.04 bits per heavy atom. The van der Waals surface area contributed by atoms with E-state index in [-0.39, 0.29) is 24.8 Å². The molecule has 2 aromatic rings. The number of nitrogens with zero attached hydrogens (tertiary/aromatic N) is 2. The van der Waals surface area contributed by atoms with Crippen LogP contribution in [-0.2, 0) is 22.5 Å². The molecule has 3 rings (SSSR count). The van der Waals surface area contributed by atoms with Crippen LogP contribution in [0.4, 0.5) is 0 Å². The molecule has 0 saturated heterocycles. The second-order valence-corrected chi connectivity index (χ2v) is 5.92. The monoisotopic (exact) mass is 343 g/mol. The van der Waals surface area contributed by atoms with E-state index in [0.717, 1.165) is 16.8 Å². The Kier molecular flexibility index (Phi) is 5.02. The lowest BCUT2D eigenvalue weighted by Gasteiger charge is -2.27. The van der Waals surface area contributed by atoms with Gasteiger partial charge in [0, 0.05) is 24.2 Å². The van der Waals surface area contributed by atoms with Gasteiger partial charge in [0.2, 0.25) is 0 Å². The lowest BCUT2D eigenvalue weighted by Crippen LogP contribution is -2.39. The van der Waals surface area contributed by atoms with Gasteiger partial charge in [-0.3, -0.25) is 9.89 Å². The van der Waals surface area contributed by atoms with Crippen LogP contribution in [0.3, 0.4) is 0 Å². The molecule has 132 valence electrons. The van der Waals surface area contributed by atoms with Gasteiger partial charge in [0.05, 0.1) is 13.2 Å². The maximum Gasteiger partial charge on any atom is 0.359 e. The summed E-state index contributed by atoms with van der Waals surface area (Å²) in [4.78, 5) is 26.1. The maximum atomic E-state index is 12.4. The number of amides is 1. The smallest absolute Gasteiger partial charge is 0.359 e. The molecule has 0 fully saturated rings. The van der Waals surface area contributed by atoms with Crippen LogP contribution >= 0.6 is 0 Å². The minimum Gasteiger partial charge on any atom is -0.484 e. The van der Waals surface area contributed by atoms with Crippen LogP contribution in [0.2, 0.25) is 0 Å². The van der Waals surface area contributed by atoms with E-state index in [1.807, 2.05) is 31.2 Å². The van der Waals surface area contributed by atoms with Crippen molar-refractivity contribution in [3.63, 3.8) is 0 Å². The number of aromatic amines is 1. The summed E-state index contributed by atoms with van der Waals surface area (Å²) >= 11 is 0. The van der Waals surface area contributed by atoms with Crippen molar-refractivity contribution in [3.8, 4) is 5.75 Å². The summed E-state index contributed by atoms with van der Waals surface area (Å²) in [7, 11) is 0. The Morgan fingerprint density at radius 3 is 2.76 bits per heavy atom. The van der Waals surface area contributed by atoms with Gasteiger partial charge in [-0.2, -0.15) is 5.10 Å². The fraction of sp³-hybridized carbons (Fsp3) is 0.389. The number of nitrogens with one attached hydrogen (secondary N) is 1. The highest BCUT2D eigenvalue weighted by Gasteiger charge is 2.28. The summed E-state index contributed by atoms with van der Waals surface area (Å²) in [6.45, 7) is 4.88. The van der Waals surface area contributed by atoms with E-state index in [1.165, 1.54) is 0 Å². The summed E-state index contributed by atoms with van der Waals surface area (Å²) in [5.74, 6) is 0.0691. The molecule has 1 aliphatic rings. The molecule has 0 radical (unpaired) electrons. The number of ether oxygens (including phenoxy) is 2. The number of fused-ring (bicyclic) bond motifs is 1. The normalized spacial score (nSPS) is 13.3. The van der Waals surface area contributed by atoms with E-state index >= 15 is 0 Å². The van der Waals surface area contributed by atoms with Crippen LogP contribution in [0, 0.1) is 6.92 Å². The molecule has 1 aromatic heterocycles. The Balaban J connectivity index is 1.63. The topological polar surface area (TPSA) is 84.5 Å². The summed E-state index contributed by atoms with van der Waals surface area (Å²) in [6, 6.07) is 7.55. The van der Waals surface area contributed by atoms with Gasteiger partial charge in [0.1, 0.15) is 5.75 Å². The van der Waals surface area contributed by atoms with Crippen LogP contribution in [-0.4, -0.2) is 46.7 Å². The third kappa shape index (κ3) is 3.81. The van der Waals surface area contributed by atoms with Gasteiger partial charge >= 0.3 is 5.97 Å². The second-order valence-electron chi connectivity index (χ2n) is 5.92. The van der Waals surface area contributed by atoms with Crippen LogP contribution in [0.5, 0.6) is 5.75 Å². The van der Waals surface area contributed by atoms with Gasteiger partial charge in [-0.25, -0.2) is 4.79 Å². The molecular weight excluding hydrogens is 322 g/mol. The minimum atomic E-state index is -0.467. The summed E-state index contributed by atoms with van der Waals surface area (Å²) in [5, 5.41) is 6.91. The number of hydrogen-bond donors (Lipinski definition) is 1. The quantitative estimate of drug-likeness (QED) is 0.838. The fourth-order valence-corrected chi connectivity index (χ4v) is 2.75. The number of aromatic nitrogens is 2. The zero-order valence-corrected chi connectivity index (χ0v) is 14.4. The molecule has 2 heterocycles. The van der Waals surface area contributed by atoms with Gasteiger partial charge in [0.15, 0.2) is 12.3 Å².